The molecule has 0 radical (unpaired) electrons. The molecular formula is C21H21N5O. The van der Waals surface area contributed by atoms with Crippen LogP contribution in [0.4, 0.5) is 0 Å². The molecule has 1 aromatic carbocycles. The van der Waals surface area contributed by atoms with Crippen LogP contribution in [0.25, 0.3) is 11.0 Å². The molecule has 0 spiro atoms. The summed E-state index contributed by atoms with van der Waals surface area (Å²) in [6, 6.07) is 12.2. The number of hydrogen-bond acceptors (Lipinski definition) is 4. The fraction of sp³-hybridized carbons (Fsp3) is 0.238. The molecule has 1 atom stereocenters. The van der Waals surface area contributed by atoms with Crippen LogP contribution in [0, 0.1) is 0 Å². The molecule has 0 aliphatic carbocycles. The molecule has 6 heteroatoms. The number of furan rings is 1. The van der Waals surface area contributed by atoms with E-state index in [0.29, 0.717) is 6.54 Å². The van der Waals surface area contributed by atoms with Gasteiger partial charge in [0.2, 0.25) is 0 Å². The van der Waals surface area contributed by atoms with Crippen LogP contribution in [0.5, 0.6) is 0 Å². The van der Waals surface area contributed by atoms with Crippen LogP contribution in [0.2, 0.25) is 0 Å². The van der Waals surface area contributed by atoms with E-state index < -0.39 is 0 Å². The van der Waals surface area contributed by atoms with Crippen LogP contribution in [-0.2, 0) is 19.5 Å². The summed E-state index contributed by atoms with van der Waals surface area (Å²) in [6.07, 6.45) is 6.37. The van der Waals surface area contributed by atoms with E-state index in [1.54, 1.807) is 12.6 Å². The first kappa shape index (κ1) is 16.1. The summed E-state index contributed by atoms with van der Waals surface area (Å²) >= 11 is 0. The van der Waals surface area contributed by atoms with E-state index in [1.807, 2.05) is 24.3 Å². The molecule has 1 unspecified atom stereocenters. The first-order valence-corrected chi connectivity index (χ1v) is 9.20. The number of hydrogen-bond donors (Lipinski definition) is 1. The van der Waals surface area contributed by atoms with E-state index >= 15 is 0 Å². The summed E-state index contributed by atoms with van der Waals surface area (Å²) in [7, 11) is 0. The molecule has 5 rings (SSSR count). The largest absolute Gasteiger partial charge is 0.468 e. The average Bonchev–Trinajstić information content (AvgIpc) is 3.42. The van der Waals surface area contributed by atoms with Crippen molar-refractivity contribution in [3.05, 3.63) is 84.6 Å². The molecule has 0 saturated heterocycles. The smallest absolute Gasteiger partial charge is 0.133 e. The maximum atomic E-state index is 5.61. The number of allylic oxidation sites excluding steroid dienone is 1. The van der Waals surface area contributed by atoms with Gasteiger partial charge >= 0.3 is 0 Å². The third-order valence-electron chi connectivity index (χ3n) is 5.20. The zero-order valence-corrected chi connectivity index (χ0v) is 15.0. The van der Waals surface area contributed by atoms with Gasteiger partial charge in [0.15, 0.2) is 0 Å². The minimum Gasteiger partial charge on any atom is -0.468 e. The van der Waals surface area contributed by atoms with Crippen LogP contribution in [0.15, 0.2) is 66.1 Å². The van der Waals surface area contributed by atoms with Gasteiger partial charge in [-0.25, -0.2) is 9.97 Å². The number of imidazole rings is 2. The summed E-state index contributed by atoms with van der Waals surface area (Å²) in [5.41, 5.74) is 4.35. The summed E-state index contributed by atoms with van der Waals surface area (Å²) in [5.74, 6) is 1.95. The van der Waals surface area contributed by atoms with Gasteiger partial charge < -0.3 is 14.0 Å². The van der Waals surface area contributed by atoms with Gasteiger partial charge in [0.1, 0.15) is 17.6 Å². The first-order chi connectivity index (χ1) is 13.3. The number of nitrogens with zero attached hydrogens (tertiary/aromatic N) is 4. The molecule has 27 heavy (non-hydrogen) atoms. The van der Waals surface area contributed by atoms with Crippen LogP contribution in [0.1, 0.15) is 29.0 Å². The maximum absolute atomic E-state index is 5.61. The van der Waals surface area contributed by atoms with E-state index in [0.717, 1.165) is 47.8 Å². The monoisotopic (exact) mass is 359 g/mol. The van der Waals surface area contributed by atoms with Crippen molar-refractivity contribution in [2.45, 2.75) is 25.6 Å². The second-order valence-electron chi connectivity index (χ2n) is 6.83. The number of rotatable bonds is 5. The molecule has 1 N–H and O–H groups in total. The van der Waals surface area contributed by atoms with Gasteiger partial charge in [-0.1, -0.05) is 18.2 Å². The lowest BCUT2D eigenvalue weighted by atomic mass is 10.0. The highest BCUT2D eigenvalue weighted by molar-refractivity contribution is 5.76. The van der Waals surface area contributed by atoms with Gasteiger partial charge in [0, 0.05) is 25.2 Å². The zero-order valence-electron chi connectivity index (χ0n) is 15.0. The molecule has 0 fully saturated rings. The highest BCUT2D eigenvalue weighted by Gasteiger charge is 2.35. The molecule has 4 aromatic rings. The number of aromatic amines is 1. The van der Waals surface area contributed by atoms with Crippen molar-refractivity contribution in [3.63, 3.8) is 0 Å². The maximum Gasteiger partial charge on any atom is 0.133 e. The van der Waals surface area contributed by atoms with Crippen molar-refractivity contribution >= 4 is 11.0 Å². The topological polar surface area (TPSA) is 62.9 Å². The summed E-state index contributed by atoms with van der Waals surface area (Å²) in [5, 5.41) is 0. The Balaban J connectivity index is 1.66. The molecular weight excluding hydrogens is 338 g/mol. The zero-order chi connectivity index (χ0) is 18.2. The molecule has 4 heterocycles. The summed E-state index contributed by atoms with van der Waals surface area (Å²) in [4.78, 5) is 15.4. The average molecular weight is 359 g/mol. The number of nitrogens with one attached hydrogen (secondary N) is 1. The third kappa shape index (κ3) is 2.69. The highest BCUT2D eigenvalue weighted by atomic mass is 16.3. The van der Waals surface area contributed by atoms with E-state index in [4.69, 9.17) is 9.40 Å². The Bertz CT molecular complexity index is 1080. The third-order valence-corrected chi connectivity index (χ3v) is 5.20. The minimum absolute atomic E-state index is 0.0301. The summed E-state index contributed by atoms with van der Waals surface area (Å²) in [6.45, 7) is 6.29. The molecule has 136 valence electrons. The standard InChI is InChI=1S/C21H21N5O/c1-2-10-26-18-8-4-3-7-16(18)24-21(26)20-19-17(22-14-23-19)9-11-25(20)13-15-6-5-12-27-15/h2-8,12,14,20H,1,9-11,13H2,(H,22,23). The molecule has 0 saturated carbocycles. The lowest BCUT2D eigenvalue weighted by Crippen LogP contribution is -2.37. The quantitative estimate of drug-likeness (QED) is 0.552. The van der Waals surface area contributed by atoms with Crippen molar-refractivity contribution in [1.82, 2.24) is 24.4 Å². The summed E-state index contributed by atoms with van der Waals surface area (Å²) < 4.78 is 7.86. The van der Waals surface area contributed by atoms with Crippen molar-refractivity contribution in [2.75, 3.05) is 6.54 Å². The Morgan fingerprint density at radius 1 is 1.26 bits per heavy atom. The molecule has 0 bridgehead atoms. The van der Waals surface area contributed by atoms with Gasteiger partial charge in [-0.3, -0.25) is 4.90 Å². The van der Waals surface area contributed by atoms with E-state index in [9.17, 15) is 0 Å². The van der Waals surface area contributed by atoms with Gasteiger partial charge in [-0.15, -0.1) is 6.58 Å². The fourth-order valence-electron chi connectivity index (χ4n) is 4.01. The number of H-pyrrole nitrogens is 1. The van der Waals surface area contributed by atoms with Gasteiger partial charge in [-0.05, 0) is 24.3 Å². The van der Waals surface area contributed by atoms with Gasteiger partial charge in [-0.2, -0.15) is 0 Å². The Morgan fingerprint density at radius 3 is 3.04 bits per heavy atom. The Hall–Kier alpha value is -3.12. The molecule has 1 aliphatic rings. The number of benzene rings is 1. The minimum atomic E-state index is -0.0301. The van der Waals surface area contributed by atoms with Crippen molar-refractivity contribution < 1.29 is 4.42 Å². The van der Waals surface area contributed by atoms with E-state index in [1.165, 1.54) is 5.69 Å². The SMILES string of the molecule is C=CCn1c(C2c3nc[nH]c3CCN2Cc2ccco2)nc2ccccc21. The first-order valence-electron chi connectivity index (χ1n) is 9.20. The highest BCUT2D eigenvalue weighted by Crippen LogP contribution is 2.35. The Labute approximate surface area is 157 Å². The molecule has 0 amide bonds. The molecule has 1 aliphatic heterocycles. The van der Waals surface area contributed by atoms with Crippen LogP contribution in [0.3, 0.4) is 0 Å². The Morgan fingerprint density at radius 2 is 2.19 bits per heavy atom. The fourth-order valence-corrected chi connectivity index (χ4v) is 4.01. The predicted molar refractivity (Wildman–Crippen MR) is 103 cm³/mol. The van der Waals surface area contributed by atoms with Gasteiger partial charge in [0.25, 0.3) is 0 Å². The van der Waals surface area contributed by atoms with Crippen molar-refractivity contribution in [3.8, 4) is 0 Å². The van der Waals surface area contributed by atoms with E-state index in [2.05, 4.69) is 44.2 Å². The Kier molecular flexibility index (Phi) is 3.90. The molecule has 3 aromatic heterocycles. The predicted octanol–water partition coefficient (Wildman–Crippen LogP) is 3.69. The van der Waals surface area contributed by atoms with Crippen LogP contribution >= 0.6 is 0 Å². The second-order valence-corrected chi connectivity index (χ2v) is 6.83. The number of fused-ring (bicyclic) bond motifs is 2. The van der Waals surface area contributed by atoms with Crippen molar-refractivity contribution in [1.29, 1.82) is 0 Å². The van der Waals surface area contributed by atoms with Crippen molar-refractivity contribution in [2.24, 2.45) is 0 Å². The van der Waals surface area contributed by atoms with Crippen LogP contribution < -0.4 is 0 Å². The number of aromatic nitrogens is 4. The molecule has 6 nitrogen and oxygen atoms in total. The van der Waals surface area contributed by atoms with Crippen LogP contribution in [-0.4, -0.2) is 31.0 Å². The lowest BCUT2D eigenvalue weighted by molar-refractivity contribution is 0.176. The van der Waals surface area contributed by atoms with Gasteiger partial charge in [0.05, 0.1) is 35.9 Å². The van der Waals surface area contributed by atoms with E-state index in [-0.39, 0.29) is 6.04 Å². The lowest BCUT2D eigenvalue weighted by Gasteiger charge is -2.34. The number of para-hydroxylation sites is 2. The second kappa shape index (κ2) is 6.55. The normalized spacial score (nSPS) is 17.3.